The van der Waals surface area contributed by atoms with Gasteiger partial charge >= 0.3 is 0 Å². The minimum Gasteiger partial charge on any atom is -0.355 e. The fraction of sp³-hybridized carbons (Fsp3) is 0.800. The highest BCUT2D eigenvalue weighted by Gasteiger charge is 2.04. The summed E-state index contributed by atoms with van der Waals surface area (Å²) >= 11 is 0. The lowest BCUT2D eigenvalue weighted by Gasteiger charge is -2.17. The SMILES string of the molecule is CCCCN=C(NCCn1cnnc1CC)NC(C)CC. The maximum atomic E-state index is 4.62. The number of hydrogen-bond donors (Lipinski definition) is 2. The van der Waals surface area contributed by atoms with Crippen molar-refractivity contribution in [2.24, 2.45) is 4.99 Å². The fourth-order valence-electron chi connectivity index (χ4n) is 1.87. The van der Waals surface area contributed by atoms with E-state index < -0.39 is 0 Å². The summed E-state index contributed by atoms with van der Waals surface area (Å²) in [5.41, 5.74) is 0. The van der Waals surface area contributed by atoms with Gasteiger partial charge in [0.1, 0.15) is 12.2 Å². The molecule has 21 heavy (non-hydrogen) atoms. The van der Waals surface area contributed by atoms with E-state index in [0.717, 1.165) is 50.7 Å². The Hall–Kier alpha value is -1.59. The molecule has 0 fully saturated rings. The van der Waals surface area contributed by atoms with Gasteiger partial charge in [0.05, 0.1) is 0 Å². The number of aromatic nitrogens is 3. The van der Waals surface area contributed by atoms with Gasteiger partial charge in [-0.25, -0.2) is 0 Å². The maximum Gasteiger partial charge on any atom is 0.191 e. The molecule has 0 saturated carbocycles. The normalized spacial score (nSPS) is 13.2. The minimum atomic E-state index is 0.430. The van der Waals surface area contributed by atoms with Crippen molar-refractivity contribution >= 4 is 5.96 Å². The highest BCUT2D eigenvalue weighted by molar-refractivity contribution is 5.80. The summed E-state index contributed by atoms with van der Waals surface area (Å²) in [6.45, 7) is 11.2. The van der Waals surface area contributed by atoms with Crippen molar-refractivity contribution < 1.29 is 0 Å². The van der Waals surface area contributed by atoms with Crippen LogP contribution in [0.1, 0.15) is 52.8 Å². The molecule has 1 atom stereocenters. The summed E-state index contributed by atoms with van der Waals surface area (Å²) in [4.78, 5) is 4.62. The smallest absolute Gasteiger partial charge is 0.191 e. The maximum absolute atomic E-state index is 4.62. The number of aliphatic imine (C=N–C) groups is 1. The molecule has 1 aromatic heterocycles. The predicted octanol–water partition coefficient (Wildman–Crippen LogP) is 1.97. The molecule has 0 aromatic carbocycles. The number of nitrogens with one attached hydrogen (secondary N) is 2. The molecule has 0 saturated heterocycles. The summed E-state index contributed by atoms with van der Waals surface area (Å²) < 4.78 is 2.08. The van der Waals surface area contributed by atoms with Gasteiger partial charge in [0.2, 0.25) is 0 Å². The molecule has 0 amide bonds. The van der Waals surface area contributed by atoms with Crippen molar-refractivity contribution in [1.29, 1.82) is 0 Å². The Kier molecular flexibility index (Phi) is 8.47. The van der Waals surface area contributed by atoms with Crippen LogP contribution in [0.25, 0.3) is 0 Å². The number of guanidine groups is 1. The molecular formula is C15H30N6. The van der Waals surface area contributed by atoms with E-state index in [9.17, 15) is 0 Å². The average Bonchev–Trinajstić information content (AvgIpc) is 2.94. The molecule has 0 aliphatic heterocycles. The third-order valence-corrected chi connectivity index (χ3v) is 3.43. The van der Waals surface area contributed by atoms with E-state index in [0.29, 0.717) is 6.04 Å². The number of hydrogen-bond acceptors (Lipinski definition) is 3. The van der Waals surface area contributed by atoms with Crippen LogP contribution in [0.15, 0.2) is 11.3 Å². The van der Waals surface area contributed by atoms with Gasteiger partial charge in [-0.05, 0) is 19.8 Å². The molecule has 2 N–H and O–H groups in total. The second kappa shape index (κ2) is 10.2. The van der Waals surface area contributed by atoms with Crippen molar-refractivity contribution in [3.8, 4) is 0 Å². The Morgan fingerprint density at radius 2 is 2.19 bits per heavy atom. The number of unbranched alkanes of at least 4 members (excludes halogenated alkanes) is 1. The van der Waals surface area contributed by atoms with Crippen LogP contribution in [0.2, 0.25) is 0 Å². The molecule has 1 aromatic rings. The van der Waals surface area contributed by atoms with E-state index in [2.05, 4.69) is 58.1 Å². The number of aryl methyl sites for hydroxylation is 1. The summed E-state index contributed by atoms with van der Waals surface area (Å²) in [5, 5.41) is 14.9. The Bertz CT molecular complexity index is 412. The highest BCUT2D eigenvalue weighted by atomic mass is 15.3. The van der Waals surface area contributed by atoms with Gasteiger partial charge < -0.3 is 15.2 Å². The minimum absolute atomic E-state index is 0.430. The van der Waals surface area contributed by atoms with Crippen molar-refractivity contribution in [1.82, 2.24) is 25.4 Å². The van der Waals surface area contributed by atoms with Crippen LogP contribution >= 0.6 is 0 Å². The lowest BCUT2D eigenvalue weighted by molar-refractivity contribution is 0.598. The zero-order chi connectivity index (χ0) is 15.5. The largest absolute Gasteiger partial charge is 0.355 e. The van der Waals surface area contributed by atoms with Gasteiger partial charge in [0.25, 0.3) is 0 Å². The summed E-state index contributed by atoms with van der Waals surface area (Å²) in [7, 11) is 0. The second-order valence-corrected chi connectivity index (χ2v) is 5.26. The molecule has 0 aliphatic carbocycles. The lowest BCUT2D eigenvalue weighted by atomic mass is 10.3. The molecule has 0 bridgehead atoms. The first-order valence-corrected chi connectivity index (χ1v) is 8.12. The topological polar surface area (TPSA) is 67.1 Å². The molecule has 0 spiro atoms. The quantitative estimate of drug-likeness (QED) is 0.415. The van der Waals surface area contributed by atoms with Crippen molar-refractivity contribution in [3.63, 3.8) is 0 Å². The first-order chi connectivity index (χ1) is 10.2. The lowest BCUT2D eigenvalue weighted by Crippen LogP contribution is -2.43. The predicted molar refractivity (Wildman–Crippen MR) is 87.5 cm³/mol. The second-order valence-electron chi connectivity index (χ2n) is 5.26. The van der Waals surface area contributed by atoms with Crippen LogP contribution in [0, 0.1) is 0 Å². The Morgan fingerprint density at radius 1 is 1.38 bits per heavy atom. The monoisotopic (exact) mass is 294 g/mol. The third kappa shape index (κ3) is 6.60. The average molecular weight is 294 g/mol. The van der Waals surface area contributed by atoms with Crippen molar-refractivity contribution in [2.75, 3.05) is 13.1 Å². The van der Waals surface area contributed by atoms with Crippen LogP contribution < -0.4 is 10.6 Å². The molecule has 0 radical (unpaired) electrons. The summed E-state index contributed by atoms with van der Waals surface area (Å²) in [6, 6.07) is 0.430. The standard InChI is InChI=1S/C15H30N6/c1-5-8-9-16-15(19-13(4)6-2)17-10-11-21-12-18-20-14(21)7-3/h12-13H,5-11H2,1-4H3,(H2,16,17,19). The van der Waals surface area contributed by atoms with Gasteiger partial charge in [-0.1, -0.05) is 27.2 Å². The number of nitrogens with zero attached hydrogens (tertiary/aromatic N) is 4. The summed E-state index contributed by atoms with van der Waals surface area (Å²) in [5.74, 6) is 1.93. The Morgan fingerprint density at radius 3 is 2.86 bits per heavy atom. The molecule has 6 nitrogen and oxygen atoms in total. The van der Waals surface area contributed by atoms with Crippen molar-refractivity contribution in [3.05, 3.63) is 12.2 Å². The Labute approximate surface area is 128 Å². The summed E-state index contributed by atoms with van der Waals surface area (Å²) in [6.07, 6.45) is 6.07. The van der Waals surface area contributed by atoms with Crippen LogP contribution in [-0.2, 0) is 13.0 Å². The van der Waals surface area contributed by atoms with Gasteiger partial charge in [-0.3, -0.25) is 4.99 Å². The van der Waals surface area contributed by atoms with Gasteiger partial charge in [0, 0.05) is 32.1 Å². The molecule has 0 aliphatic rings. The van der Waals surface area contributed by atoms with E-state index in [-0.39, 0.29) is 0 Å². The number of rotatable bonds is 9. The van der Waals surface area contributed by atoms with E-state index in [1.165, 1.54) is 6.42 Å². The zero-order valence-electron chi connectivity index (χ0n) is 13.9. The van der Waals surface area contributed by atoms with Crippen molar-refractivity contribution in [2.45, 2.75) is 66.0 Å². The van der Waals surface area contributed by atoms with Gasteiger partial charge in [-0.15, -0.1) is 10.2 Å². The van der Waals surface area contributed by atoms with E-state index in [1.807, 2.05) is 0 Å². The van der Waals surface area contributed by atoms with E-state index in [4.69, 9.17) is 0 Å². The molecule has 120 valence electrons. The third-order valence-electron chi connectivity index (χ3n) is 3.43. The van der Waals surface area contributed by atoms with Crippen LogP contribution in [0.3, 0.4) is 0 Å². The van der Waals surface area contributed by atoms with E-state index >= 15 is 0 Å². The zero-order valence-corrected chi connectivity index (χ0v) is 13.9. The van der Waals surface area contributed by atoms with Crippen LogP contribution in [-0.4, -0.2) is 39.9 Å². The molecular weight excluding hydrogens is 264 g/mol. The molecule has 6 heteroatoms. The van der Waals surface area contributed by atoms with E-state index in [1.54, 1.807) is 6.33 Å². The molecule has 1 heterocycles. The van der Waals surface area contributed by atoms with Crippen LogP contribution in [0.4, 0.5) is 0 Å². The van der Waals surface area contributed by atoms with Gasteiger partial charge in [0.15, 0.2) is 5.96 Å². The highest BCUT2D eigenvalue weighted by Crippen LogP contribution is 1.95. The molecule has 1 rings (SSSR count). The molecule has 1 unspecified atom stereocenters. The van der Waals surface area contributed by atoms with Gasteiger partial charge in [-0.2, -0.15) is 0 Å². The Balaban J connectivity index is 2.46. The first kappa shape index (κ1) is 17.5. The fourth-order valence-corrected chi connectivity index (χ4v) is 1.87. The van der Waals surface area contributed by atoms with Crippen LogP contribution in [0.5, 0.6) is 0 Å². The first-order valence-electron chi connectivity index (χ1n) is 8.12.